The van der Waals surface area contributed by atoms with E-state index in [0.29, 0.717) is 6.10 Å². The van der Waals surface area contributed by atoms with Gasteiger partial charge in [-0.1, -0.05) is 13.8 Å². The van der Waals surface area contributed by atoms with Crippen LogP contribution in [0, 0.1) is 11.8 Å². The highest BCUT2D eigenvalue weighted by atomic mass is 16.5. The normalized spacial score (nSPS) is 32.8. The van der Waals surface area contributed by atoms with E-state index in [2.05, 4.69) is 6.92 Å². The Kier molecular flexibility index (Phi) is 3.73. The van der Waals surface area contributed by atoms with Crippen LogP contribution in [0.15, 0.2) is 0 Å². The van der Waals surface area contributed by atoms with Gasteiger partial charge in [0.25, 0.3) is 0 Å². The zero-order valence-electron chi connectivity index (χ0n) is 7.95. The Morgan fingerprint density at radius 1 is 1.67 bits per heavy atom. The lowest BCUT2D eigenvalue weighted by Crippen LogP contribution is -2.26. The highest BCUT2D eigenvalue weighted by Crippen LogP contribution is 2.23. The van der Waals surface area contributed by atoms with E-state index in [-0.39, 0.29) is 5.92 Å². The summed E-state index contributed by atoms with van der Waals surface area (Å²) in [5.74, 6) is 0.919. The van der Waals surface area contributed by atoms with Crippen LogP contribution in [-0.2, 0) is 9.53 Å². The third-order valence-corrected chi connectivity index (χ3v) is 2.50. The molecular weight excluding hydrogens is 152 g/mol. The van der Waals surface area contributed by atoms with Crippen molar-refractivity contribution in [2.24, 2.45) is 11.8 Å². The molecule has 1 saturated heterocycles. The molecule has 1 rings (SSSR count). The number of rotatable bonds is 3. The monoisotopic (exact) mass is 170 g/mol. The van der Waals surface area contributed by atoms with Crippen molar-refractivity contribution in [3.8, 4) is 0 Å². The Labute approximate surface area is 74.3 Å². The summed E-state index contributed by atoms with van der Waals surface area (Å²) < 4.78 is 5.56. The number of hydrogen-bond acceptors (Lipinski definition) is 2. The van der Waals surface area contributed by atoms with Crippen molar-refractivity contribution in [1.82, 2.24) is 0 Å². The quantitative estimate of drug-likeness (QED) is 0.606. The standard InChI is InChI=1S/C10H18O2/c1-8-3-4-12-10(5-8)6-9(2)7-11/h7-10H,3-6H2,1-2H3. The molecule has 1 aliphatic rings. The highest BCUT2D eigenvalue weighted by Gasteiger charge is 2.20. The third kappa shape index (κ3) is 2.94. The van der Waals surface area contributed by atoms with E-state index in [4.69, 9.17) is 4.74 Å². The fourth-order valence-corrected chi connectivity index (χ4v) is 1.71. The van der Waals surface area contributed by atoms with Crippen LogP contribution in [0.1, 0.15) is 33.1 Å². The molecule has 70 valence electrons. The first-order chi connectivity index (χ1) is 5.72. The van der Waals surface area contributed by atoms with Gasteiger partial charge in [-0.05, 0) is 25.2 Å². The fraction of sp³-hybridized carbons (Fsp3) is 0.900. The van der Waals surface area contributed by atoms with Crippen LogP contribution < -0.4 is 0 Å². The van der Waals surface area contributed by atoms with Crippen LogP contribution in [0.5, 0.6) is 0 Å². The molecule has 0 aliphatic carbocycles. The van der Waals surface area contributed by atoms with Crippen molar-refractivity contribution in [2.45, 2.75) is 39.2 Å². The van der Waals surface area contributed by atoms with Gasteiger partial charge >= 0.3 is 0 Å². The van der Waals surface area contributed by atoms with Crippen molar-refractivity contribution in [3.63, 3.8) is 0 Å². The molecule has 0 bridgehead atoms. The van der Waals surface area contributed by atoms with Gasteiger partial charge in [0.2, 0.25) is 0 Å². The minimum absolute atomic E-state index is 0.153. The van der Waals surface area contributed by atoms with Gasteiger partial charge in [0.15, 0.2) is 0 Å². The zero-order chi connectivity index (χ0) is 8.97. The first-order valence-electron chi connectivity index (χ1n) is 4.79. The Hall–Kier alpha value is -0.370. The fourth-order valence-electron chi connectivity index (χ4n) is 1.71. The predicted octanol–water partition coefficient (Wildman–Crippen LogP) is 2.03. The van der Waals surface area contributed by atoms with Crippen molar-refractivity contribution >= 4 is 6.29 Å². The Bertz CT molecular complexity index is 145. The molecule has 0 aromatic heterocycles. The number of ether oxygens (including phenoxy) is 1. The van der Waals surface area contributed by atoms with E-state index >= 15 is 0 Å². The predicted molar refractivity (Wildman–Crippen MR) is 48.0 cm³/mol. The van der Waals surface area contributed by atoms with Gasteiger partial charge < -0.3 is 9.53 Å². The Morgan fingerprint density at radius 2 is 2.42 bits per heavy atom. The van der Waals surface area contributed by atoms with E-state index in [1.807, 2.05) is 6.92 Å². The van der Waals surface area contributed by atoms with Gasteiger partial charge in [0.1, 0.15) is 6.29 Å². The van der Waals surface area contributed by atoms with E-state index < -0.39 is 0 Å². The van der Waals surface area contributed by atoms with Crippen LogP contribution in [-0.4, -0.2) is 19.0 Å². The maximum absolute atomic E-state index is 10.4. The van der Waals surface area contributed by atoms with Crippen LogP contribution in [0.25, 0.3) is 0 Å². The van der Waals surface area contributed by atoms with Crippen LogP contribution in [0.3, 0.4) is 0 Å². The number of carbonyl (C=O) groups excluding carboxylic acids is 1. The molecule has 3 atom stereocenters. The summed E-state index contributed by atoms with van der Waals surface area (Å²) >= 11 is 0. The molecule has 0 N–H and O–H groups in total. The molecule has 3 unspecified atom stereocenters. The molecule has 0 spiro atoms. The first kappa shape index (κ1) is 9.72. The summed E-state index contributed by atoms with van der Waals surface area (Å²) in [6.07, 6.45) is 4.54. The zero-order valence-corrected chi connectivity index (χ0v) is 7.95. The molecule has 2 heteroatoms. The van der Waals surface area contributed by atoms with Gasteiger partial charge in [-0.15, -0.1) is 0 Å². The van der Waals surface area contributed by atoms with Crippen LogP contribution >= 0.6 is 0 Å². The number of carbonyl (C=O) groups is 1. The molecule has 1 heterocycles. The average Bonchev–Trinajstić information content (AvgIpc) is 2.04. The summed E-state index contributed by atoms with van der Waals surface area (Å²) in [5, 5.41) is 0. The second kappa shape index (κ2) is 4.61. The Morgan fingerprint density at radius 3 is 3.00 bits per heavy atom. The summed E-state index contributed by atoms with van der Waals surface area (Å²) in [4.78, 5) is 10.4. The smallest absolute Gasteiger partial charge is 0.122 e. The lowest BCUT2D eigenvalue weighted by molar-refractivity contribution is -0.112. The maximum Gasteiger partial charge on any atom is 0.122 e. The summed E-state index contributed by atoms with van der Waals surface area (Å²) in [5.41, 5.74) is 0. The Balaban J connectivity index is 2.26. The number of aldehydes is 1. The SMILES string of the molecule is CC(C=O)CC1CC(C)CCO1. The molecule has 0 radical (unpaired) electrons. The van der Waals surface area contributed by atoms with Gasteiger partial charge in [0, 0.05) is 12.5 Å². The number of hydrogen-bond donors (Lipinski definition) is 0. The molecule has 0 aromatic carbocycles. The third-order valence-electron chi connectivity index (χ3n) is 2.50. The molecule has 0 aromatic rings. The first-order valence-corrected chi connectivity index (χ1v) is 4.79. The molecule has 2 nitrogen and oxygen atoms in total. The van der Waals surface area contributed by atoms with Crippen molar-refractivity contribution in [2.75, 3.05) is 6.61 Å². The van der Waals surface area contributed by atoms with Gasteiger partial charge in [-0.2, -0.15) is 0 Å². The molecule has 0 amide bonds. The van der Waals surface area contributed by atoms with E-state index in [1.54, 1.807) is 0 Å². The van der Waals surface area contributed by atoms with E-state index in [1.165, 1.54) is 6.42 Å². The summed E-state index contributed by atoms with van der Waals surface area (Å²) in [6, 6.07) is 0. The van der Waals surface area contributed by atoms with Gasteiger partial charge in [-0.25, -0.2) is 0 Å². The highest BCUT2D eigenvalue weighted by molar-refractivity contribution is 5.52. The molecule has 1 aliphatic heterocycles. The van der Waals surface area contributed by atoms with Gasteiger partial charge in [0.05, 0.1) is 6.10 Å². The largest absolute Gasteiger partial charge is 0.378 e. The summed E-state index contributed by atoms with van der Waals surface area (Å²) in [6.45, 7) is 5.08. The second-order valence-corrected chi connectivity index (χ2v) is 3.97. The topological polar surface area (TPSA) is 26.3 Å². The minimum Gasteiger partial charge on any atom is -0.378 e. The maximum atomic E-state index is 10.4. The van der Waals surface area contributed by atoms with Crippen molar-refractivity contribution < 1.29 is 9.53 Å². The molecule has 0 saturated carbocycles. The van der Waals surface area contributed by atoms with Crippen LogP contribution in [0.2, 0.25) is 0 Å². The summed E-state index contributed by atoms with van der Waals surface area (Å²) in [7, 11) is 0. The lowest BCUT2D eigenvalue weighted by Gasteiger charge is -2.28. The lowest BCUT2D eigenvalue weighted by atomic mass is 9.93. The molecular formula is C10H18O2. The molecule has 1 fully saturated rings. The van der Waals surface area contributed by atoms with E-state index in [9.17, 15) is 4.79 Å². The second-order valence-electron chi connectivity index (χ2n) is 3.97. The van der Waals surface area contributed by atoms with Crippen molar-refractivity contribution in [3.05, 3.63) is 0 Å². The average molecular weight is 170 g/mol. The van der Waals surface area contributed by atoms with Crippen molar-refractivity contribution in [1.29, 1.82) is 0 Å². The van der Waals surface area contributed by atoms with E-state index in [0.717, 1.165) is 31.7 Å². The minimum atomic E-state index is 0.153. The molecule has 12 heavy (non-hydrogen) atoms. The van der Waals surface area contributed by atoms with Crippen LogP contribution in [0.4, 0.5) is 0 Å². The van der Waals surface area contributed by atoms with Gasteiger partial charge in [-0.3, -0.25) is 0 Å².